The minimum absolute atomic E-state index is 0.622. The van der Waals surface area contributed by atoms with Crippen LogP contribution in [0.25, 0.3) is 10.9 Å². The molecule has 0 spiro atoms. The van der Waals surface area contributed by atoms with Crippen molar-refractivity contribution in [3.05, 3.63) is 59.9 Å². The summed E-state index contributed by atoms with van der Waals surface area (Å²) in [7, 11) is 0. The van der Waals surface area contributed by atoms with Gasteiger partial charge in [-0.05, 0) is 62.1 Å². The second-order valence-electron chi connectivity index (χ2n) is 5.85. The Hall–Kier alpha value is -2.62. The van der Waals surface area contributed by atoms with Gasteiger partial charge in [-0.2, -0.15) is 0 Å². The highest BCUT2D eigenvalue weighted by Crippen LogP contribution is 2.21. The molecular weight excluding hydrogens is 300 g/mol. The molecule has 0 fully saturated rings. The standard InChI is InChI=1S/C20H22N2O2/c1-15-9-10-17(13-16(15)2)23-11-5-6-12-24-20-18-7-3-4-8-19(18)21-14-22-20/h3-4,7-10,13-14H,5-6,11-12H2,1-2H3. The van der Waals surface area contributed by atoms with E-state index in [1.54, 1.807) is 6.33 Å². The number of ether oxygens (including phenoxy) is 2. The van der Waals surface area contributed by atoms with Gasteiger partial charge in [0.15, 0.2) is 0 Å². The van der Waals surface area contributed by atoms with Crippen molar-refractivity contribution in [2.45, 2.75) is 26.7 Å². The first-order valence-corrected chi connectivity index (χ1v) is 8.26. The van der Waals surface area contributed by atoms with Crippen molar-refractivity contribution in [3.63, 3.8) is 0 Å². The zero-order chi connectivity index (χ0) is 16.8. The van der Waals surface area contributed by atoms with Crippen molar-refractivity contribution < 1.29 is 9.47 Å². The lowest BCUT2D eigenvalue weighted by Gasteiger charge is -2.09. The number of aryl methyl sites for hydroxylation is 2. The number of hydrogen-bond donors (Lipinski definition) is 0. The molecule has 0 radical (unpaired) electrons. The molecule has 0 aliphatic rings. The maximum Gasteiger partial charge on any atom is 0.224 e. The van der Waals surface area contributed by atoms with Gasteiger partial charge in [0, 0.05) is 0 Å². The number of rotatable bonds is 7. The van der Waals surface area contributed by atoms with Crippen molar-refractivity contribution >= 4 is 10.9 Å². The molecule has 0 N–H and O–H groups in total. The third-order valence-electron chi connectivity index (χ3n) is 4.03. The molecule has 0 aliphatic carbocycles. The Morgan fingerprint density at radius 2 is 1.62 bits per heavy atom. The van der Waals surface area contributed by atoms with Gasteiger partial charge in [-0.1, -0.05) is 18.2 Å². The Labute approximate surface area is 142 Å². The SMILES string of the molecule is Cc1ccc(OCCCCOc2ncnc3ccccc23)cc1C. The molecule has 4 nitrogen and oxygen atoms in total. The molecular formula is C20H22N2O2. The molecule has 2 aromatic carbocycles. The summed E-state index contributed by atoms with van der Waals surface area (Å²) in [6.07, 6.45) is 3.40. The number of benzene rings is 2. The predicted octanol–water partition coefficient (Wildman–Crippen LogP) is 4.48. The number of hydrogen-bond acceptors (Lipinski definition) is 4. The fraction of sp³-hybridized carbons (Fsp3) is 0.300. The predicted molar refractivity (Wildman–Crippen MR) is 95.7 cm³/mol. The highest BCUT2D eigenvalue weighted by atomic mass is 16.5. The van der Waals surface area contributed by atoms with E-state index in [0.717, 1.165) is 29.5 Å². The highest BCUT2D eigenvalue weighted by Gasteiger charge is 2.03. The van der Waals surface area contributed by atoms with Gasteiger partial charge in [0.05, 0.1) is 24.1 Å². The Balaban J connectivity index is 1.43. The van der Waals surface area contributed by atoms with Crippen LogP contribution in [0.15, 0.2) is 48.8 Å². The van der Waals surface area contributed by atoms with Crippen LogP contribution in [-0.4, -0.2) is 23.2 Å². The van der Waals surface area contributed by atoms with Crippen molar-refractivity contribution in [1.29, 1.82) is 0 Å². The Kier molecular flexibility index (Phi) is 5.26. The van der Waals surface area contributed by atoms with Crippen molar-refractivity contribution in [1.82, 2.24) is 9.97 Å². The summed E-state index contributed by atoms with van der Waals surface area (Å²) in [6.45, 7) is 5.52. The summed E-state index contributed by atoms with van der Waals surface area (Å²) < 4.78 is 11.6. The van der Waals surface area contributed by atoms with Crippen molar-refractivity contribution in [2.75, 3.05) is 13.2 Å². The average Bonchev–Trinajstić information content (AvgIpc) is 2.61. The van der Waals surface area contributed by atoms with Crippen LogP contribution in [0.5, 0.6) is 11.6 Å². The van der Waals surface area contributed by atoms with Gasteiger partial charge in [-0.15, -0.1) is 0 Å². The molecule has 124 valence electrons. The number of aromatic nitrogens is 2. The number of para-hydroxylation sites is 1. The van der Waals surface area contributed by atoms with E-state index in [2.05, 4.69) is 35.9 Å². The topological polar surface area (TPSA) is 44.2 Å². The first kappa shape index (κ1) is 16.2. The van der Waals surface area contributed by atoms with Crippen LogP contribution in [0.3, 0.4) is 0 Å². The summed E-state index contributed by atoms with van der Waals surface area (Å²) in [4.78, 5) is 8.46. The van der Waals surface area contributed by atoms with Crippen LogP contribution in [0.2, 0.25) is 0 Å². The van der Waals surface area contributed by atoms with Crippen LogP contribution in [0.1, 0.15) is 24.0 Å². The molecule has 0 saturated heterocycles. The molecule has 0 bridgehead atoms. The van der Waals surface area contributed by atoms with Crippen LogP contribution in [-0.2, 0) is 0 Å². The summed E-state index contributed by atoms with van der Waals surface area (Å²) in [5.74, 6) is 1.58. The molecule has 1 heterocycles. The Morgan fingerprint density at radius 1 is 0.833 bits per heavy atom. The summed E-state index contributed by atoms with van der Waals surface area (Å²) in [6, 6.07) is 14.1. The van der Waals surface area contributed by atoms with E-state index in [9.17, 15) is 0 Å². The summed E-state index contributed by atoms with van der Waals surface area (Å²) >= 11 is 0. The zero-order valence-electron chi connectivity index (χ0n) is 14.2. The second-order valence-corrected chi connectivity index (χ2v) is 5.85. The lowest BCUT2D eigenvalue weighted by Crippen LogP contribution is -2.04. The quantitative estimate of drug-likeness (QED) is 0.601. The van der Waals surface area contributed by atoms with E-state index in [0.29, 0.717) is 19.1 Å². The molecule has 3 rings (SSSR count). The van der Waals surface area contributed by atoms with Crippen LogP contribution < -0.4 is 9.47 Å². The summed E-state index contributed by atoms with van der Waals surface area (Å²) in [5.41, 5.74) is 3.44. The van der Waals surface area contributed by atoms with Gasteiger partial charge in [-0.3, -0.25) is 0 Å². The number of unbranched alkanes of at least 4 members (excludes halogenated alkanes) is 1. The van der Waals surface area contributed by atoms with E-state index in [-0.39, 0.29) is 0 Å². The van der Waals surface area contributed by atoms with Gasteiger partial charge in [0.1, 0.15) is 12.1 Å². The Morgan fingerprint density at radius 3 is 2.46 bits per heavy atom. The third-order valence-corrected chi connectivity index (χ3v) is 4.03. The zero-order valence-corrected chi connectivity index (χ0v) is 14.2. The maximum atomic E-state index is 5.80. The molecule has 0 atom stereocenters. The van der Waals surface area contributed by atoms with Gasteiger partial charge in [0.25, 0.3) is 0 Å². The average molecular weight is 322 g/mol. The molecule has 24 heavy (non-hydrogen) atoms. The molecule has 4 heteroatoms. The van der Waals surface area contributed by atoms with Crippen LogP contribution in [0, 0.1) is 13.8 Å². The number of fused-ring (bicyclic) bond motifs is 1. The molecule has 0 saturated carbocycles. The van der Waals surface area contributed by atoms with E-state index < -0.39 is 0 Å². The monoisotopic (exact) mass is 322 g/mol. The second kappa shape index (κ2) is 7.77. The fourth-order valence-electron chi connectivity index (χ4n) is 2.46. The van der Waals surface area contributed by atoms with E-state index in [1.165, 1.54) is 11.1 Å². The van der Waals surface area contributed by atoms with Gasteiger partial charge >= 0.3 is 0 Å². The van der Waals surface area contributed by atoms with Crippen LogP contribution >= 0.6 is 0 Å². The maximum absolute atomic E-state index is 5.80. The summed E-state index contributed by atoms with van der Waals surface area (Å²) in [5, 5.41) is 0.950. The van der Waals surface area contributed by atoms with Crippen molar-refractivity contribution in [3.8, 4) is 11.6 Å². The minimum atomic E-state index is 0.622. The number of nitrogens with zero attached hydrogens (tertiary/aromatic N) is 2. The molecule has 0 unspecified atom stereocenters. The Bertz CT molecular complexity index is 812. The highest BCUT2D eigenvalue weighted by molar-refractivity contribution is 5.82. The lowest BCUT2D eigenvalue weighted by molar-refractivity contribution is 0.263. The largest absolute Gasteiger partial charge is 0.494 e. The van der Waals surface area contributed by atoms with Gasteiger partial charge in [-0.25, -0.2) is 9.97 Å². The first-order valence-electron chi connectivity index (χ1n) is 8.26. The van der Waals surface area contributed by atoms with Gasteiger partial charge < -0.3 is 9.47 Å². The van der Waals surface area contributed by atoms with Crippen LogP contribution in [0.4, 0.5) is 0 Å². The lowest BCUT2D eigenvalue weighted by atomic mass is 10.1. The normalized spacial score (nSPS) is 10.8. The fourth-order valence-corrected chi connectivity index (χ4v) is 2.46. The molecule has 0 aliphatic heterocycles. The molecule has 0 amide bonds. The van der Waals surface area contributed by atoms with Crippen molar-refractivity contribution in [2.24, 2.45) is 0 Å². The third kappa shape index (κ3) is 4.02. The minimum Gasteiger partial charge on any atom is -0.494 e. The smallest absolute Gasteiger partial charge is 0.224 e. The van der Waals surface area contributed by atoms with Gasteiger partial charge in [0.2, 0.25) is 5.88 Å². The van der Waals surface area contributed by atoms with E-state index in [4.69, 9.17) is 9.47 Å². The first-order chi connectivity index (χ1) is 11.7. The van der Waals surface area contributed by atoms with E-state index >= 15 is 0 Å². The molecule has 3 aromatic rings. The van der Waals surface area contributed by atoms with E-state index in [1.807, 2.05) is 30.3 Å². The molecule has 1 aromatic heterocycles.